The Morgan fingerprint density at radius 3 is 2.71 bits per heavy atom. The van der Waals surface area contributed by atoms with E-state index in [1.807, 2.05) is 11.3 Å². The Labute approximate surface area is 107 Å². The van der Waals surface area contributed by atoms with Crippen LogP contribution in [0.25, 0.3) is 0 Å². The first kappa shape index (κ1) is 11.6. The third-order valence-corrected chi connectivity index (χ3v) is 5.10. The van der Waals surface area contributed by atoms with Gasteiger partial charge in [-0.15, -0.1) is 11.3 Å². The van der Waals surface area contributed by atoms with Gasteiger partial charge in [0, 0.05) is 11.4 Å². The molecule has 1 aliphatic heterocycles. The van der Waals surface area contributed by atoms with Crippen molar-refractivity contribution >= 4 is 11.3 Å². The summed E-state index contributed by atoms with van der Waals surface area (Å²) in [5, 5.41) is 4.76. The van der Waals surface area contributed by atoms with E-state index in [0.717, 1.165) is 6.54 Å². The standard InChI is InChI=1S/C13H21N3S/c1-16(2)9-12-15-10-7-13(8-11(10)17-12)3-5-14-6-4-13/h14H,3-9H2,1-2H3. The molecule has 0 unspecified atom stereocenters. The molecule has 1 aromatic heterocycles. The Morgan fingerprint density at radius 1 is 1.29 bits per heavy atom. The predicted molar refractivity (Wildman–Crippen MR) is 71.4 cm³/mol. The summed E-state index contributed by atoms with van der Waals surface area (Å²) < 4.78 is 0. The molecular formula is C13H21N3S. The lowest BCUT2D eigenvalue weighted by Crippen LogP contribution is -2.37. The molecule has 1 N–H and O–H groups in total. The second-order valence-corrected chi connectivity index (χ2v) is 6.99. The predicted octanol–water partition coefficient (Wildman–Crippen LogP) is 1.67. The molecule has 1 aliphatic carbocycles. The molecule has 2 heterocycles. The minimum Gasteiger partial charge on any atom is -0.317 e. The highest BCUT2D eigenvalue weighted by Crippen LogP contribution is 2.45. The summed E-state index contributed by atoms with van der Waals surface area (Å²) in [6, 6.07) is 0. The van der Waals surface area contributed by atoms with E-state index in [4.69, 9.17) is 4.98 Å². The third kappa shape index (κ3) is 2.26. The average molecular weight is 251 g/mol. The molecule has 3 nitrogen and oxygen atoms in total. The van der Waals surface area contributed by atoms with Crippen LogP contribution >= 0.6 is 11.3 Å². The smallest absolute Gasteiger partial charge is 0.107 e. The van der Waals surface area contributed by atoms with Crippen LogP contribution in [0.3, 0.4) is 0 Å². The first-order chi connectivity index (χ1) is 8.17. The SMILES string of the molecule is CN(C)Cc1nc2c(s1)CC1(CCNCC1)C2. The molecule has 0 atom stereocenters. The molecule has 0 amide bonds. The molecule has 1 fully saturated rings. The Balaban J connectivity index is 1.74. The van der Waals surface area contributed by atoms with Crippen molar-refractivity contribution in [3.63, 3.8) is 0 Å². The van der Waals surface area contributed by atoms with Gasteiger partial charge in [0.05, 0.1) is 5.69 Å². The van der Waals surface area contributed by atoms with Crippen molar-refractivity contribution in [1.82, 2.24) is 15.2 Å². The van der Waals surface area contributed by atoms with Gasteiger partial charge in [-0.05, 0) is 58.3 Å². The molecular weight excluding hydrogens is 230 g/mol. The number of aromatic nitrogens is 1. The summed E-state index contributed by atoms with van der Waals surface area (Å²) in [4.78, 5) is 8.61. The maximum Gasteiger partial charge on any atom is 0.107 e. The van der Waals surface area contributed by atoms with Crippen molar-refractivity contribution in [1.29, 1.82) is 0 Å². The lowest BCUT2D eigenvalue weighted by atomic mass is 9.77. The van der Waals surface area contributed by atoms with Gasteiger partial charge in [0.25, 0.3) is 0 Å². The Kier molecular flexibility index (Phi) is 2.97. The molecule has 1 aromatic rings. The van der Waals surface area contributed by atoms with Crippen LogP contribution in [0.2, 0.25) is 0 Å². The van der Waals surface area contributed by atoms with E-state index in [1.165, 1.54) is 49.5 Å². The number of fused-ring (bicyclic) bond motifs is 1. The molecule has 0 bridgehead atoms. The topological polar surface area (TPSA) is 28.2 Å². The largest absolute Gasteiger partial charge is 0.317 e. The lowest BCUT2D eigenvalue weighted by Gasteiger charge is -2.33. The van der Waals surface area contributed by atoms with Crippen molar-refractivity contribution < 1.29 is 0 Å². The van der Waals surface area contributed by atoms with Crippen molar-refractivity contribution in [3.05, 3.63) is 15.6 Å². The minimum absolute atomic E-state index is 0.566. The average Bonchev–Trinajstić information content (AvgIpc) is 2.73. The third-order valence-electron chi connectivity index (χ3n) is 4.02. The maximum absolute atomic E-state index is 4.84. The van der Waals surface area contributed by atoms with Crippen LogP contribution < -0.4 is 5.32 Å². The number of piperidine rings is 1. The summed E-state index contributed by atoms with van der Waals surface area (Å²) in [6.45, 7) is 3.38. The van der Waals surface area contributed by atoms with E-state index in [9.17, 15) is 0 Å². The van der Waals surface area contributed by atoms with Gasteiger partial charge in [-0.3, -0.25) is 0 Å². The molecule has 1 spiro atoms. The second kappa shape index (κ2) is 4.34. The molecule has 0 radical (unpaired) electrons. The van der Waals surface area contributed by atoms with E-state index in [2.05, 4.69) is 24.3 Å². The molecule has 0 saturated carbocycles. The molecule has 17 heavy (non-hydrogen) atoms. The molecule has 1 saturated heterocycles. The van der Waals surface area contributed by atoms with Crippen LogP contribution in [-0.2, 0) is 19.4 Å². The molecule has 94 valence electrons. The summed E-state index contributed by atoms with van der Waals surface area (Å²) >= 11 is 1.94. The zero-order chi connectivity index (χ0) is 11.9. The number of hydrogen-bond donors (Lipinski definition) is 1. The summed E-state index contributed by atoms with van der Waals surface area (Å²) in [6.07, 6.45) is 5.18. The van der Waals surface area contributed by atoms with Crippen LogP contribution in [0.5, 0.6) is 0 Å². The number of nitrogens with zero attached hydrogens (tertiary/aromatic N) is 2. The Morgan fingerprint density at radius 2 is 2.06 bits per heavy atom. The number of nitrogens with one attached hydrogen (secondary N) is 1. The fourth-order valence-corrected chi connectivity index (χ4v) is 4.50. The number of hydrogen-bond acceptors (Lipinski definition) is 4. The van der Waals surface area contributed by atoms with Gasteiger partial charge in [-0.1, -0.05) is 0 Å². The fraction of sp³-hybridized carbons (Fsp3) is 0.769. The molecule has 2 aliphatic rings. The van der Waals surface area contributed by atoms with Crippen molar-refractivity contribution in [2.75, 3.05) is 27.2 Å². The van der Waals surface area contributed by atoms with E-state index in [0.29, 0.717) is 5.41 Å². The normalized spacial score (nSPS) is 22.3. The number of thiazole rings is 1. The van der Waals surface area contributed by atoms with Crippen LogP contribution in [0.1, 0.15) is 28.4 Å². The second-order valence-electron chi connectivity index (χ2n) is 5.82. The van der Waals surface area contributed by atoms with Crippen LogP contribution in [0.4, 0.5) is 0 Å². The summed E-state index contributed by atoms with van der Waals surface area (Å²) in [5.41, 5.74) is 1.98. The maximum atomic E-state index is 4.84. The van der Waals surface area contributed by atoms with E-state index >= 15 is 0 Å². The van der Waals surface area contributed by atoms with E-state index in [-0.39, 0.29) is 0 Å². The highest BCUT2D eigenvalue weighted by Gasteiger charge is 2.40. The van der Waals surface area contributed by atoms with Gasteiger partial charge in [-0.25, -0.2) is 4.98 Å². The van der Waals surface area contributed by atoms with Crippen LogP contribution in [-0.4, -0.2) is 37.1 Å². The monoisotopic (exact) mass is 251 g/mol. The van der Waals surface area contributed by atoms with Crippen molar-refractivity contribution in [2.45, 2.75) is 32.2 Å². The summed E-state index contributed by atoms with van der Waals surface area (Å²) in [5.74, 6) is 0. The molecule has 4 heteroatoms. The molecule has 3 rings (SSSR count). The summed E-state index contributed by atoms with van der Waals surface area (Å²) in [7, 11) is 4.22. The Bertz CT molecular complexity index is 379. The van der Waals surface area contributed by atoms with Crippen molar-refractivity contribution in [2.24, 2.45) is 5.41 Å². The fourth-order valence-electron chi connectivity index (χ4n) is 3.12. The van der Waals surface area contributed by atoms with Gasteiger partial charge in [0.15, 0.2) is 0 Å². The molecule has 0 aromatic carbocycles. The highest BCUT2D eigenvalue weighted by molar-refractivity contribution is 7.11. The van der Waals surface area contributed by atoms with Crippen molar-refractivity contribution in [3.8, 4) is 0 Å². The quantitative estimate of drug-likeness (QED) is 0.867. The van der Waals surface area contributed by atoms with Crippen LogP contribution in [0.15, 0.2) is 0 Å². The van der Waals surface area contributed by atoms with Gasteiger partial charge in [0.2, 0.25) is 0 Å². The van der Waals surface area contributed by atoms with Gasteiger partial charge < -0.3 is 10.2 Å². The Hall–Kier alpha value is -0.450. The van der Waals surface area contributed by atoms with E-state index in [1.54, 1.807) is 4.88 Å². The first-order valence-corrected chi connectivity index (χ1v) is 7.31. The zero-order valence-corrected chi connectivity index (χ0v) is 11.6. The first-order valence-electron chi connectivity index (χ1n) is 6.50. The van der Waals surface area contributed by atoms with E-state index < -0.39 is 0 Å². The minimum atomic E-state index is 0.566. The van der Waals surface area contributed by atoms with Gasteiger partial charge >= 0.3 is 0 Å². The van der Waals surface area contributed by atoms with Crippen LogP contribution in [0, 0.1) is 5.41 Å². The lowest BCUT2D eigenvalue weighted by molar-refractivity contribution is 0.215. The van der Waals surface area contributed by atoms with Gasteiger partial charge in [-0.2, -0.15) is 0 Å². The highest BCUT2D eigenvalue weighted by atomic mass is 32.1. The number of rotatable bonds is 2. The van der Waals surface area contributed by atoms with Gasteiger partial charge in [0.1, 0.15) is 5.01 Å². The zero-order valence-electron chi connectivity index (χ0n) is 10.8.